The zero-order valence-corrected chi connectivity index (χ0v) is 13.3. The minimum atomic E-state index is -0.573. The first-order valence-corrected chi connectivity index (χ1v) is 6.93. The van der Waals surface area contributed by atoms with Gasteiger partial charge >= 0.3 is 6.09 Å². The fourth-order valence-electron chi connectivity index (χ4n) is 1.74. The van der Waals surface area contributed by atoms with Crippen molar-refractivity contribution in [1.82, 2.24) is 10.2 Å². The maximum atomic E-state index is 11.9. The summed E-state index contributed by atoms with van der Waals surface area (Å²) in [5.74, 6) is -0.0556. The van der Waals surface area contributed by atoms with Gasteiger partial charge in [0.1, 0.15) is 5.60 Å². The molecule has 0 aliphatic rings. The summed E-state index contributed by atoms with van der Waals surface area (Å²) in [7, 11) is 3.38. The van der Waals surface area contributed by atoms with Crippen molar-refractivity contribution in [3.8, 4) is 0 Å². The SMILES string of the molecule is CN(C)C(=O)C[C@H](NC(=O)OC(C)(C)C)c1ccccc1. The summed E-state index contributed by atoms with van der Waals surface area (Å²) in [6.07, 6.45) is -0.334. The quantitative estimate of drug-likeness (QED) is 0.928. The normalized spacial score (nSPS) is 12.4. The van der Waals surface area contributed by atoms with Crippen molar-refractivity contribution >= 4 is 12.0 Å². The topological polar surface area (TPSA) is 58.6 Å². The number of nitrogens with one attached hydrogen (secondary N) is 1. The highest BCUT2D eigenvalue weighted by Crippen LogP contribution is 2.18. The van der Waals surface area contributed by atoms with Crippen LogP contribution in [0.15, 0.2) is 30.3 Å². The van der Waals surface area contributed by atoms with Gasteiger partial charge in [-0.3, -0.25) is 4.79 Å². The van der Waals surface area contributed by atoms with E-state index in [2.05, 4.69) is 5.32 Å². The number of hydrogen-bond donors (Lipinski definition) is 1. The molecule has 5 nitrogen and oxygen atoms in total. The van der Waals surface area contributed by atoms with Gasteiger partial charge < -0.3 is 15.0 Å². The molecule has 1 aromatic carbocycles. The van der Waals surface area contributed by atoms with Gasteiger partial charge in [-0.25, -0.2) is 4.79 Å². The molecule has 1 N–H and O–H groups in total. The Morgan fingerprint density at radius 2 is 1.76 bits per heavy atom. The maximum absolute atomic E-state index is 11.9. The predicted molar refractivity (Wildman–Crippen MR) is 81.9 cm³/mol. The molecule has 21 heavy (non-hydrogen) atoms. The number of carbonyl (C=O) groups excluding carboxylic acids is 2. The molecule has 0 unspecified atom stereocenters. The summed E-state index contributed by atoms with van der Waals surface area (Å²) >= 11 is 0. The van der Waals surface area contributed by atoms with Crippen LogP contribution in [0, 0.1) is 0 Å². The number of rotatable bonds is 4. The van der Waals surface area contributed by atoms with Crippen LogP contribution in [0.3, 0.4) is 0 Å². The van der Waals surface area contributed by atoms with E-state index in [4.69, 9.17) is 4.74 Å². The summed E-state index contributed by atoms with van der Waals surface area (Å²) < 4.78 is 5.26. The van der Waals surface area contributed by atoms with E-state index in [1.165, 1.54) is 4.90 Å². The second kappa shape index (κ2) is 7.11. The maximum Gasteiger partial charge on any atom is 0.408 e. The molecule has 0 aromatic heterocycles. The second-order valence-electron chi connectivity index (χ2n) is 6.10. The van der Waals surface area contributed by atoms with Crippen LogP contribution in [-0.4, -0.2) is 36.6 Å². The average molecular weight is 292 g/mol. The summed E-state index contributed by atoms with van der Waals surface area (Å²) in [4.78, 5) is 25.4. The second-order valence-corrected chi connectivity index (χ2v) is 6.10. The van der Waals surface area contributed by atoms with Crippen LogP contribution < -0.4 is 5.32 Å². The molecule has 0 radical (unpaired) electrons. The van der Waals surface area contributed by atoms with Crippen LogP contribution in [-0.2, 0) is 9.53 Å². The minimum Gasteiger partial charge on any atom is -0.444 e. The Morgan fingerprint density at radius 1 is 1.19 bits per heavy atom. The van der Waals surface area contributed by atoms with Gasteiger partial charge in [-0.05, 0) is 26.3 Å². The molecule has 0 heterocycles. The van der Waals surface area contributed by atoms with Gasteiger partial charge in [0.2, 0.25) is 5.91 Å². The van der Waals surface area contributed by atoms with E-state index in [1.807, 2.05) is 30.3 Å². The molecule has 0 spiro atoms. The molecule has 2 amide bonds. The van der Waals surface area contributed by atoms with Crippen LogP contribution in [0.4, 0.5) is 4.79 Å². The lowest BCUT2D eigenvalue weighted by atomic mass is 10.0. The number of amides is 2. The van der Waals surface area contributed by atoms with E-state index in [1.54, 1.807) is 34.9 Å². The molecule has 0 aliphatic heterocycles. The average Bonchev–Trinajstić information content (AvgIpc) is 2.36. The first-order valence-electron chi connectivity index (χ1n) is 6.93. The van der Waals surface area contributed by atoms with Gasteiger partial charge in [0.15, 0.2) is 0 Å². The van der Waals surface area contributed by atoms with Gasteiger partial charge in [-0.2, -0.15) is 0 Å². The fourth-order valence-corrected chi connectivity index (χ4v) is 1.74. The molecule has 0 saturated heterocycles. The van der Waals surface area contributed by atoms with Crippen molar-refractivity contribution in [3.05, 3.63) is 35.9 Å². The first kappa shape index (κ1) is 17.0. The molecular weight excluding hydrogens is 268 g/mol. The Kier molecular flexibility index (Phi) is 5.76. The highest BCUT2D eigenvalue weighted by molar-refractivity contribution is 5.77. The van der Waals surface area contributed by atoms with Crippen molar-refractivity contribution in [2.75, 3.05) is 14.1 Å². The number of ether oxygens (including phenoxy) is 1. The fraction of sp³-hybridized carbons (Fsp3) is 0.500. The summed E-state index contributed by atoms with van der Waals surface area (Å²) in [6.45, 7) is 5.40. The Hall–Kier alpha value is -2.04. The molecule has 1 rings (SSSR count). The molecule has 0 fully saturated rings. The highest BCUT2D eigenvalue weighted by atomic mass is 16.6. The Labute approximate surface area is 126 Å². The number of nitrogens with zero attached hydrogens (tertiary/aromatic N) is 1. The van der Waals surface area contributed by atoms with Crippen LogP contribution in [0.25, 0.3) is 0 Å². The van der Waals surface area contributed by atoms with Crippen LogP contribution in [0.5, 0.6) is 0 Å². The van der Waals surface area contributed by atoms with Gasteiger partial charge in [-0.1, -0.05) is 30.3 Å². The lowest BCUT2D eigenvalue weighted by molar-refractivity contribution is -0.129. The van der Waals surface area contributed by atoms with E-state index in [0.29, 0.717) is 0 Å². The van der Waals surface area contributed by atoms with E-state index < -0.39 is 17.7 Å². The smallest absolute Gasteiger partial charge is 0.408 e. The van der Waals surface area contributed by atoms with Crippen LogP contribution >= 0.6 is 0 Å². The molecule has 0 bridgehead atoms. The highest BCUT2D eigenvalue weighted by Gasteiger charge is 2.23. The van der Waals surface area contributed by atoms with Gasteiger partial charge in [0.25, 0.3) is 0 Å². The molecule has 0 aliphatic carbocycles. The first-order chi connectivity index (χ1) is 9.69. The Balaban J connectivity index is 2.83. The number of benzene rings is 1. The van der Waals surface area contributed by atoms with Crippen molar-refractivity contribution in [2.24, 2.45) is 0 Å². The third kappa shape index (κ3) is 6.29. The van der Waals surface area contributed by atoms with Crippen LogP contribution in [0.1, 0.15) is 38.8 Å². The monoisotopic (exact) mass is 292 g/mol. The number of alkyl carbamates (subject to hydrolysis) is 1. The lowest BCUT2D eigenvalue weighted by Crippen LogP contribution is -2.37. The number of hydrogen-bond acceptors (Lipinski definition) is 3. The van der Waals surface area contributed by atoms with Gasteiger partial charge in [0, 0.05) is 14.1 Å². The van der Waals surface area contributed by atoms with Gasteiger partial charge in [-0.15, -0.1) is 0 Å². The molecular formula is C16H24N2O3. The van der Waals surface area contributed by atoms with E-state index in [9.17, 15) is 9.59 Å². The predicted octanol–water partition coefficient (Wildman–Crippen LogP) is 2.73. The lowest BCUT2D eigenvalue weighted by Gasteiger charge is -2.24. The molecule has 5 heteroatoms. The zero-order valence-electron chi connectivity index (χ0n) is 13.3. The molecule has 1 aromatic rings. The molecule has 116 valence electrons. The van der Waals surface area contributed by atoms with Crippen molar-refractivity contribution in [1.29, 1.82) is 0 Å². The Morgan fingerprint density at radius 3 is 2.24 bits per heavy atom. The van der Waals surface area contributed by atoms with Crippen molar-refractivity contribution in [2.45, 2.75) is 38.8 Å². The van der Waals surface area contributed by atoms with Crippen molar-refractivity contribution in [3.63, 3.8) is 0 Å². The number of carbonyl (C=O) groups is 2. The van der Waals surface area contributed by atoms with Gasteiger partial charge in [0.05, 0.1) is 12.5 Å². The summed E-state index contributed by atoms with van der Waals surface area (Å²) in [5, 5.41) is 2.77. The molecule has 1 atom stereocenters. The van der Waals surface area contributed by atoms with E-state index in [0.717, 1.165) is 5.56 Å². The van der Waals surface area contributed by atoms with Crippen LogP contribution in [0.2, 0.25) is 0 Å². The van der Waals surface area contributed by atoms with E-state index >= 15 is 0 Å². The zero-order chi connectivity index (χ0) is 16.0. The summed E-state index contributed by atoms with van der Waals surface area (Å²) in [6, 6.07) is 8.99. The third-order valence-electron chi connectivity index (χ3n) is 2.77. The standard InChI is InChI=1S/C16H24N2O3/c1-16(2,3)21-15(20)17-13(11-14(19)18(4)5)12-9-7-6-8-10-12/h6-10,13H,11H2,1-5H3,(H,17,20)/t13-/m0/s1. The van der Waals surface area contributed by atoms with Crippen molar-refractivity contribution < 1.29 is 14.3 Å². The van der Waals surface area contributed by atoms with E-state index in [-0.39, 0.29) is 12.3 Å². The Bertz CT molecular complexity index is 478. The third-order valence-corrected chi connectivity index (χ3v) is 2.77. The largest absolute Gasteiger partial charge is 0.444 e. The summed E-state index contributed by atoms with van der Waals surface area (Å²) in [5.41, 5.74) is 0.301. The molecule has 0 saturated carbocycles. The minimum absolute atomic E-state index is 0.0556.